The maximum atomic E-state index is 11.9. The molecular formula is C21H29N7O2S. The van der Waals surface area contributed by atoms with Crippen molar-refractivity contribution < 1.29 is 9.59 Å². The second kappa shape index (κ2) is 10.4. The van der Waals surface area contributed by atoms with Crippen LogP contribution < -0.4 is 21.7 Å². The van der Waals surface area contributed by atoms with E-state index < -0.39 is 0 Å². The molecule has 1 atom stereocenters. The number of likely N-dealkylation sites (tertiary alicyclic amines) is 1. The lowest BCUT2D eigenvalue weighted by molar-refractivity contribution is -0.124. The first-order valence-electron chi connectivity index (χ1n) is 10.2. The molecule has 0 saturated carbocycles. The Morgan fingerprint density at radius 1 is 1.26 bits per heavy atom. The van der Waals surface area contributed by atoms with Crippen LogP contribution in [0.4, 0.5) is 10.8 Å². The van der Waals surface area contributed by atoms with Gasteiger partial charge in [-0.15, -0.1) is 11.3 Å². The first-order chi connectivity index (χ1) is 14.8. The SMILES string of the molecule is CNC(=O)[C@@H]1CCN(Cc2sc(NC(C)=O)nc2CCc2ccc(NC(=N)N)cc2)C1. The van der Waals surface area contributed by atoms with Gasteiger partial charge in [0.05, 0.1) is 11.6 Å². The second-order valence-corrected chi connectivity index (χ2v) is 8.72. The molecule has 6 N–H and O–H groups in total. The summed E-state index contributed by atoms with van der Waals surface area (Å²) in [5, 5.41) is 16.2. The Labute approximate surface area is 185 Å². The number of aryl methyl sites for hydroxylation is 2. The van der Waals surface area contributed by atoms with Crippen molar-refractivity contribution in [2.24, 2.45) is 11.7 Å². The number of rotatable bonds is 8. The number of anilines is 2. The Hall–Kier alpha value is -2.98. The number of benzene rings is 1. The maximum Gasteiger partial charge on any atom is 0.224 e. The molecule has 2 aromatic rings. The summed E-state index contributed by atoms with van der Waals surface area (Å²) in [6, 6.07) is 7.79. The number of nitrogens with two attached hydrogens (primary N) is 1. The molecule has 9 nitrogen and oxygen atoms in total. The number of amides is 2. The van der Waals surface area contributed by atoms with Crippen molar-refractivity contribution in [1.29, 1.82) is 5.41 Å². The van der Waals surface area contributed by atoms with E-state index in [4.69, 9.17) is 11.1 Å². The summed E-state index contributed by atoms with van der Waals surface area (Å²) in [4.78, 5) is 31.5. The fourth-order valence-electron chi connectivity index (χ4n) is 3.68. The number of aromatic nitrogens is 1. The van der Waals surface area contributed by atoms with Crippen LogP contribution in [0.2, 0.25) is 0 Å². The van der Waals surface area contributed by atoms with Crippen molar-refractivity contribution in [1.82, 2.24) is 15.2 Å². The monoisotopic (exact) mass is 443 g/mol. The number of nitrogens with one attached hydrogen (secondary N) is 4. The Kier molecular flexibility index (Phi) is 7.59. The summed E-state index contributed by atoms with van der Waals surface area (Å²) < 4.78 is 0. The predicted molar refractivity (Wildman–Crippen MR) is 123 cm³/mol. The van der Waals surface area contributed by atoms with E-state index in [-0.39, 0.29) is 23.7 Å². The van der Waals surface area contributed by atoms with E-state index in [2.05, 4.69) is 25.8 Å². The highest BCUT2D eigenvalue weighted by Crippen LogP contribution is 2.28. The normalized spacial score (nSPS) is 16.1. The third-order valence-electron chi connectivity index (χ3n) is 5.20. The van der Waals surface area contributed by atoms with Crippen LogP contribution in [0.3, 0.4) is 0 Å². The fourth-order valence-corrected chi connectivity index (χ4v) is 4.77. The molecule has 1 aromatic heterocycles. The average Bonchev–Trinajstić information content (AvgIpc) is 3.33. The molecule has 31 heavy (non-hydrogen) atoms. The van der Waals surface area contributed by atoms with Crippen molar-refractivity contribution in [3.63, 3.8) is 0 Å². The van der Waals surface area contributed by atoms with E-state index in [1.807, 2.05) is 24.3 Å². The van der Waals surface area contributed by atoms with Crippen molar-refractivity contribution in [3.8, 4) is 0 Å². The van der Waals surface area contributed by atoms with Gasteiger partial charge in [-0.1, -0.05) is 12.1 Å². The van der Waals surface area contributed by atoms with Gasteiger partial charge in [0.25, 0.3) is 0 Å². The lowest BCUT2D eigenvalue weighted by Crippen LogP contribution is -2.30. The quantitative estimate of drug-likeness (QED) is 0.312. The van der Waals surface area contributed by atoms with Crippen LogP contribution in [-0.2, 0) is 29.0 Å². The molecule has 1 aliphatic rings. The molecule has 0 aliphatic carbocycles. The van der Waals surface area contributed by atoms with Crippen LogP contribution in [0.25, 0.3) is 0 Å². The van der Waals surface area contributed by atoms with E-state index in [9.17, 15) is 9.59 Å². The topological polar surface area (TPSA) is 136 Å². The molecule has 3 rings (SSSR count). The maximum absolute atomic E-state index is 11.9. The van der Waals surface area contributed by atoms with Crippen LogP contribution in [0.5, 0.6) is 0 Å². The van der Waals surface area contributed by atoms with E-state index in [0.717, 1.165) is 60.7 Å². The minimum atomic E-state index is -0.138. The minimum Gasteiger partial charge on any atom is -0.370 e. The standard InChI is InChI=1S/C21H29N7O2S/c1-13(29)25-21-27-17(8-5-14-3-6-16(7-4-14)26-20(22)23)18(31-21)12-28-10-9-15(11-28)19(30)24-2/h3-4,6-7,15H,5,8-12H2,1-2H3,(H,24,30)(H4,22,23,26)(H,25,27,29)/t15-/m1/s1. The molecule has 1 fully saturated rings. The van der Waals surface area contributed by atoms with Gasteiger partial charge in [0.15, 0.2) is 11.1 Å². The largest absolute Gasteiger partial charge is 0.370 e. The molecular weight excluding hydrogens is 414 g/mol. The van der Waals surface area contributed by atoms with Crippen molar-refractivity contribution in [3.05, 3.63) is 40.4 Å². The average molecular weight is 444 g/mol. The number of carbonyl (C=O) groups is 2. The summed E-state index contributed by atoms with van der Waals surface area (Å²) >= 11 is 1.50. The van der Waals surface area contributed by atoms with E-state index in [0.29, 0.717) is 5.13 Å². The zero-order chi connectivity index (χ0) is 22.4. The lowest BCUT2D eigenvalue weighted by atomic mass is 10.1. The molecule has 0 radical (unpaired) electrons. The molecule has 2 amide bonds. The highest BCUT2D eigenvalue weighted by molar-refractivity contribution is 7.15. The van der Waals surface area contributed by atoms with Gasteiger partial charge in [0, 0.05) is 37.6 Å². The molecule has 2 heterocycles. The van der Waals surface area contributed by atoms with E-state index in [1.165, 1.54) is 18.3 Å². The van der Waals surface area contributed by atoms with E-state index >= 15 is 0 Å². The molecule has 0 unspecified atom stereocenters. The van der Waals surface area contributed by atoms with Crippen molar-refractivity contribution in [2.75, 3.05) is 30.8 Å². The third-order valence-corrected chi connectivity index (χ3v) is 6.20. The molecule has 0 spiro atoms. The molecule has 1 saturated heterocycles. The summed E-state index contributed by atoms with van der Waals surface area (Å²) in [5.41, 5.74) is 8.26. The van der Waals surface area contributed by atoms with Gasteiger partial charge in [-0.25, -0.2) is 4.98 Å². The van der Waals surface area contributed by atoms with Gasteiger partial charge in [0.1, 0.15) is 0 Å². The van der Waals surface area contributed by atoms with Gasteiger partial charge in [-0.2, -0.15) is 0 Å². The molecule has 1 aliphatic heterocycles. The Balaban J connectivity index is 1.67. The highest BCUT2D eigenvalue weighted by atomic mass is 32.1. The van der Waals surface area contributed by atoms with Crippen LogP contribution in [-0.4, -0.2) is 47.8 Å². The second-order valence-electron chi connectivity index (χ2n) is 7.64. The number of guanidine groups is 1. The van der Waals surface area contributed by atoms with Crippen molar-refractivity contribution in [2.45, 2.75) is 32.7 Å². The molecule has 10 heteroatoms. The molecule has 0 bridgehead atoms. The first-order valence-corrected chi connectivity index (χ1v) is 11.1. The van der Waals surface area contributed by atoms with E-state index in [1.54, 1.807) is 7.05 Å². The lowest BCUT2D eigenvalue weighted by Gasteiger charge is -2.15. The van der Waals surface area contributed by atoms with Crippen LogP contribution in [0.15, 0.2) is 24.3 Å². The summed E-state index contributed by atoms with van der Waals surface area (Å²) in [5.74, 6) is -0.112. The number of hydrogen-bond acceptors (Lipinski definition) is 6. The smallest absolute Gasteiger partial charge is 0.224 e. The van der Waals surface area contributed by atoms with Crippen LogP contribution in [0, 0.1) is 11.3 Å². The number of nitrogens with zero attached hydrogens (tertiary/aromatic N) is 2. The van der Waals surface area contributed by atoms with Crippen LogP contribution >= 0.6 is 11.3 Å². The van der Waals surface area contributed by atoms with Gasteiger partial charge in [0.2, 0.25) is 11.8 Å². The summed E-state index contributed by atoms with van der Waals surface area (Å²) in [6.07, 6.45) is 2.40. The van der Waals surface area contributed by atoms with Gasteiger partial charge in [-0.3, -0.25) is 19.9 Å². The van der Waals surface area contributed by atoms with Gasteiger partial charge in [-0.05, 0) is 43.5 Å². The summed E-state index contributed by atoms with van der Waals surface area (Å²) in [7, 11) is 1.68. The Morgan fingerprint density at radius 2 is 2.00 bits per heavy atom. The number of hydrogen-bond donors (Lipinski definition) is 5. The zero-order valence-corrected chi connectivity index (χ0v) is 18.6. The van der Waals surface area contributed by atoms with Crippen LogP contribution in [0.1, 0.15) is 29.5 Å². The Morgan fingerprint density at radius 3 is 2.65 bits per heavy atom. The third kappa shape index (κ3) is 6.50. The highest BCUT2D eigenvalue weighted by Gasteiger charge is 2.28. The zero-order valence-electron chi connectivity index (χ0n) is 17.8. The van der Waals surface area contributed by atoms with Crippen molar-refractivity contribution >= 4 is 39.9 Å². The minimum absolute atomic E-state index is 0.0262. The van der Waals surface area contributed by atoms with Gasteiger partial charge >= 0.3 is 0 Å². The number of thiazole rings is 1. The fraction of sp³-hybridized carbons (Fsp3) is 0.429. The van der Waals surface area contributed by atoms with Gasteiger partial charge < -0.3 is 21.7 Å². The molecule has 166 valence electrons. The summed E-state index contributed by atoms with van der Waals surface area (Å²) in [6.45, 7) is 3.81. The Bertz CT molecular complexity index is 942. The molecule has 1 aromatic carbocycles. The first kappa shape index (κ1) is 22.7. The number of carbonyl (C=O) groups excluding carboxylic acids is 2. The predicted octanol–water partition coefficient (Wildman–Crippen LogP) is 1.76.